The number of carbonyl (C=O) groups is 2. The van der Waals surface area contributed by atoms with Gasteiger partial charge in [-0.1, -0.05) is 62.2 Å². The van der Waals surface area contributed by atoms with Crippen LogP contribution in [0.2, 0.25) is 0 Å². The number of likely N-dealkylation sites (N-methyl/N-ethyl adjacent to an activating group) is 1. The molecule has 35 heavy (non-hydrogen) atoms. The van der Waals surface area contributed by atoms with Gasteiger partial charge < -0.3 is 10.2 Å². The number of benzene rings is 3. The highest BCUT2D eigenvalue weighted by Crippen LogP contribution is 2.26. The number of carbonyl (C=O) groups excluding carboxylic acids is 2. The third-order valence-corrected chi connectivity index (χ3v) is 8.25. The Hall–Kier alpha value is -2.69. The maximum atomic E-state index is 13.6. The second-order valence-corrected chi connectivity index (χ2v) is 11.4. The van der Waals surface area contributed by atoms with Crippen LogP contribution in [-0.2, 0) is 26.2 Å². The normalized spacial score (nSPS) is 12.0. The molecule has 0 saturated heterocycles. The van der Waals surface area contributed by atoms with Crippen LogP contribution in [0.3, 0.4) is 0 Å². The van der Waals surface area contributed by atoms with E-state index in [1.165, 1.54) is 24.1 Å². The summed E-state index contributed by atoms with van der Waals surface area (Å²) in [5, 5.41) is 2.56. The lowest BCUT2D eigenvalue weighted by molar-refractivity contribution is -0.139. The maximum Gasteiger partial charge on any atom is 0.264 e. The molecule has 1 atom stereocenters. The number of amides is 2. The van der Waals surface area contributed by atoms with E-state index in [0.717, 1.165) is 18.8 Å². The van der Waals surface area contributed by atoms with E-state index in [9.17, 15) is 18.0 Å². The molecule has 3 rings (SSSR count). The van der Waals surface area contributed by atoms with Gasteiger partial charge in [0.15, 0.2) is 0 Å². The van der Waals surface area contributed by atoms with Crippen molar-refractivity contribution in [3.05, 3.63) is 93.4 Å². The Balaban J connectivity index is 2.00. The van der Waals surface area contributed by atoms with Gasteiger partial charge in [0.25, 0.3) is 10.0 Å². The Morgan fingerprint density at radius 2 is 1.43 bits per heavy atom. The van der Waals surface area contributed by atoms with Crippen molar-refractivity contribution in [3.8, 4) is 0 Å². The fourth-order valence-corrected chi connectivity index (χ4v) is 5.40. The van der Waals surface area contributed by atoms with Crippen molar-refractivity contribution in [3.63, 3.8) is 0 Å². The van der Waals surface area contributed by atoms with Crippen molar-refractivity contribution in [2.75, 3.05) is 17.9 Å². The van der Waals surface area contributed by atoms with Crippen LogP contribution < -0.4 is 9.62 Å². The molecule has 3 aromatic rings. The summed E-state index contributed by atoms with van der Waals surface area (Å²) in [5.74, 6) is -0.858. The Kier molecular flexibility index (Phi) is 9.09. The summed E-state index contributed by atoms with van der Waals surface area (Å²) >= 11 is 6.75. The van der Waals surface area contributed by atoms with Gasteiger partial charge in [0.05, 0.1) is 10.6 Å². The molecule has 0 aliphatic heterocycles. The highest BCUT2D eigenvalue weighted by Gasteiger charge is 2.32. The number of hydrogen-bond acceptors (Lipinski definition) is 4. The molecule has 0 spiro atoms. The van der Waals surface area contributed by atoms with Crippen molar-refractivity contribution in [1.82, 2.24) is 10.2 Å². The first-order valence-electron chi connectivity index (χ1n) is 10.7. The molecule has 0 aliphatic carbocycles. The zero-order valence-electron chi connectivity index (χ0n) is 19.2. The van der Waals surface area contributed by atoms with E-state index in [1.807, 2.05) is 24.3 Å². The number of halogens is 2. The average molecular weight is 623 g/mol. The van der Waals surface area contributed by atoms with E-state index in [2.05, 4.69) is 37.2 Å². The van der Waals surface area contributed by atoms with E-state index < -0.39 is 28.5 Å². The number of sulfonamides is 1. The fraction of sp³-hybridized carbons (Fsp3) is 0.200. The number of anilines is 1. The minimum absolute atomic E-state index is 0.0644. The summed E-state index contributed by atoms with van der Waals surface area (Å²) in [6.07, 6.45) is 0. The van der Waals surface area contributed by atoms with Crippen molar-refractivity contribution >= 4 is 59.4 Å². The summed E-state index contributed by atoms with van der Waals surface area (Å²) in [6, 6.07) is 21.2. The van der Waals surface area contributed by atoms with Gasteiger partial charge in [0.2, 0.25) is 11.8 Å². The van der Waals surface area contributed by atoms with Crippen LogP contribution in [-0.4, -0.2) is 44.8 Å². The molecular formula is C25H25Br2N3O4S. The number of nitrogens with zero attached hydrogens (tertiary/aromatic N) is 2. The SMILES string of the molecule is CNC(=O)C(C)N(Cc1ccc(Br)cc1)C(=O)CN(c1ccc(Br)cc1)S(=O)(=O)c1ccccc1. The van der Waals surface area contributed by atoms with Gasteiger partial charge in [-0.15, -0.1) is 0 Å². The van der Waals surface area contributed by atoms with Crippen LogP contribution in [0.1, 0.15) is 12.5 Å². The van der Waals surface area contributed by atoms with Crippen LogP contribution in [0, 0.1) is 0 Å². The zero-order chi connectivity index (χ0) is 25.6. The summed E-state index contributed by atoms with van der Waals surface area (Å²) in [4.78, 5) is 27.5. The molecule has 0 saturated carbocycles. The Bertz CT molecular complexity index is 1270. The van der Waals surface area contributed by atoms with Crippen molar-refractivity contribution < 1.29 is 18.0 Å². The molecule has 3 aromatic carbocycles. The lowest BCUT2D eigenvalue weighted by atomic mass is 10.1. The van der Waals surface area contributed by atoms with Gasteiger partial charge in [-0.25, -0.2) is 8.42 Å². The smallest absolute Gasteiger partial charge is 0.264 e. The molecule has 7 nitrogen and oxygen atoms in total. The topological polar surface area (TPSA) is 86.8 Å². The molecule has 10 heteroatoms. The maximum absolute atomic E-state index is 13.6. The summed E-state index contributed by atoms with van der Waals surface area (Å²) in [6.45, 7) is 1.28. The minimum Gasteiger partial charge on any atom is -0.357 e. The van der Waals surface area contributed by atoms with Crippen LogP contribution in [0.5, 0.6) is 0 Å². The van der Waals surface area contributed by atoms with E-state index in [1.54, 1.807) is 49.4 Å². The molecule has 2 amide bonds. The molecule has 1 unspecified atom stereocenters. The molecular weight excluding hydrogens is 598 g/mol. The summed E-state index contributed by atoms with van der Waals surface area (Å²) in [7, 11) is -2.57. The number of rotatable bonds is 9. The predicted octanol–water partition coefficient (Wildman–Crippen LogP) is 4.57. The monoisotopic (exact) mass is 621 g/mol. The molecule has 0 aliphatic rings. The molecule has 184 valence electrons. The standard InChI is InChI=1S/C25H25Br2N3O4S/c1-18(25(32)28-2)29(16-19-8-10-20(26)11-9-19)24(31)17-30(22-14-12-21(27)13-15-22)35(33,34)23-6-4-3-5-7-23/h3-15,18H,16-17H2,1-2H3,(H,28,32). The zero-order valence-corrected chi connectivity index (χ0v) is 23.2. The molecule has 0 bridgehead atoms. The van der Waals surface area contributed by atoms with Gasteiger partial charge in [-0.3, -0.25) is 13.9 Å². The van der Waals surface area contributed by atoms with Gasteiger partial charge in [-0.2, -0.15) is 0 Å². The minimum atomic E-state index is -4.06. The lowest BCUT2D eigenvalue weighted by Crippen LogP contribution is -2.50. The molecule has 0 fully saturated rings. The van der Waals surface area contributed by atoms with E-state index in [0.29, 0.717) is 5.69 Å². The quantitative estimate of drug-likeness (QED) is 0.379. The second-order valence-electron chi connectivity index (χ2n) is 7.74. The number of nitrogens with one attached hydrogen (secondary N) is 1. The Labute approximate surface area is 222 Å². The van der Waals surface area contributed by atoms with Gasteiger partial charge in [0.1, 0.15) is 12.6 Å². The fourth-order valence-electron chi connectivity index (χ4n) is 3.43. The predicted molar refractivity (Wildman–Crippen MR) is 143 cm³/mol. The highest BCUT2D eigenvalue weighted by atomic mass is 79.9. The molecule has 0 radical (unpaired) electrons. The lowest BCUT2D eigenvalue weighted by Gasteiger charge is -2.31. The number of hydrogen-bond donors (Lipinski definition) is 1. The molecule has 0 heterocycles. The molecule has 1 N–H and O–H groups in total. The van der Waals surface area contributed by atoms with Crippen molar-refractivity contribution in [2.24, 2.45) is 0 Å². The summed E-state index contributed by atoms with van der Waals surface area (Å²) in [5.41, 5.74) is 1.14. The van der Waals surface area contributed by atoms with E-state index in [4.69, 9.17) is 0 Å². The first-order valence-corrected chi connectivity index (χ1v) is 13.7. The molecule has 0 aromatic heterocycles. The van der Waals surface area contributed by atoms with Gasteiger partial charge >= 0.3 is 0 Å². The van der Waals surface area contributed by atoms with Crippen molar-refractivity contribution in [1.29, 1.82) is 0 Å². The highest BCUT2D eigenvalue weighted by molar-refractivity contribution is 9.10. The second kappa shape index (κ2) is 11.8. The van der Waals surface area contributed by atoms with E-state index in [-0.39, 0.29) is 17.3 Å². The van der Waals surface area contributed by atoms with Crippen LogP contribution in [0.4, 0.5) is 5.69 Å². The van der Waals surface area contributed by atoms with Gasteiger partial charge in [-0.05, 0) is 61.0 Å². The van der Waals surface area contributed by atoms with Crippen LogP contribution in [0.15, 0.2) is 92.7 Å². The van der Waals surface area contributed by atoms with Crippen LogP contribution in [0.25, 0.3) is 0 Å². The Morgan fingerprint density at radius 3 is 1.97 bits per heavy atom. The van der Waals surface area contributed by atoms with E-state index >= 15 is 0 Å². The third-order valence-electron chi connectivity index (χ3n) is 5.40. The first kappa shape index (κ1) is 26.9. The largest absolute Gasteiger partial charge is 0.357 e. The van der Waals surface area contributed by atoms with Crippen molar-refractivity contribution in [2.45, 2.75) is 24.4 Å². The Morgan fingerprint density at radius 1 is 0.886 bits per heavy atom. The first-order chi connectivity index (χ1) is 16.6. The van der Waals surface area contributed by atoms with Gasteiger partial charge in [0, 0.05) is 22.5 Å². The summed E-state index contributed by atoms with van der Waals surface area (Å²) < 4.78 is 29.9. The average Bonchev–Trinajstić information content (AvgIpc) is 2.87. The van der Waals surface area contributed by atoms with Crippen LogP contribution >= 0.6 is 31.9 Å². The third kappa shape index (κ3) is 6.71.